The molecule has 0 saturated carbocycles. The first-order valence-corrected chi connectivity index (χ1v) is 5.70. The van der Waals surface area contributed by atoms with E-state index in [2.05, 4.69) is 10.3 Å². The maximum Gasteiger partial charge on any atom is 0.418 e. The lowest BCUT2D eigenvalue weighted by Crippen LogP contribution is -2.17. The van der Waals surface area contributed by atoms with E-state index in [0.717, 1.165) is 18.3 Å². The Morgan fingerprint density at radius 2 is 2.00 bits per heavy atom. The highest BCUT2D eigenvalue weighted by molar-refractivity contribution is 6.06. The Hall–Kier alpha value is -2.77. The van der Waals surface area contributed by atoms with Crippen LogP contribution in [-0.4, -0.2) is 16.0 Å². The molecule has 8 heteroatoms. The van der Waals surface area contributed by atoms with Gasteiger partial charge in [0, 0.05) is 11.9 Å². The van der Waals surface area contributed by atoms with Crippen LogP contribution in [0.3, 0.4) is 0 Å². The molecule has 2 rings (SSSR count). The normalized spacial score (nSPS) is 11.2. The molecule has 1 aromatic heterocycles. The van der Waals surface area contributed by atoms with Gasteiger partial charge in [-0.05, 0) is 24.3 Å². The number of carbonyl (C=O) groups excluding carboxylic acids is 1. The first-order chi connectivity index (χ1) is 9.79. The third-order valence-electron chi connectivity index (χ3n) is 2.64. The number of hydrogen-bond donors (Lipinski definition) is 3. The molecule has 0 radical (unpaired) electrons. The number of benzene rings is 1. The molecule has 0 bridgehead atoms. The zero-order chi connectivity index (χ0) is 15.6. The van der Waals surface area contributed by atoms with Crippen LogP contribution < -0.4 is 11.1 Å². The number of nitrogens with one attached hydrogen (secondary N) is 1. The molecule has 0 saturated heterocycles. The van der Waals surface area contributed by atoms with E-state index in [1.165, 1.54) is 18.3 Å². The van der Waals surface area contributed by atoms with Crippen molar-refractivity contribution in [2.24, 2.45) is 0 Å². The van der Waals surface area contributed by atoms with Gasteiger partial charge in [-0.25, -0.2) is 0 Å². The Morgan fingerprint density at radius 3 is 2.62 bits per heavy atom. The molecule has 1 heterocycles. The second kappa shape index (κ2) is 5.31. The number of nitrogens with two attached hydrogens (primary N) is 1. The van der Waals surface area contributed by atoms with Gasteiger partial charge in [-0.15, -0.1) is 0 Å². The summed E-state index contributed by atoms with van der Waals surface area (Å²) in [6.07, 6.45) is -2.41. The summed E-state index contributed by atoms with van der Waals surface area (Å²) < 4.78 is 38.7. The van der Waals surface area contributed by atoms with Crippen LogP contribution in [0, 0.1) is 0 Å². The number of halogens is 3. The van der Waals surface area contributed by atoms with E-state index >= 15 is 0 Å². The number of amides is 1. The minimum Gasteiger partial charge on any atom is -0.505 e. The molecule has 21 heavy (non-hydrogen) atoms. The van der Waals surface area contributed by atoms with Crippen LogP contribution in [0.4, 0.5) is 24.5 Å². The summed E-state index contributed by atoms with van der Waals surface area (Å²) in [5.74, 6) is -1.32. The molecule has 0 aliphatic carbocycles. The molecule has 0 aliphatic heterocycles. The number of aromatic hydroxyl groups is 1. The zero-order valence-corrected chi connectivity index (χ0v) is 10.5. The SMILES string of the molecule is Nc1ccc(NC(=O)c2ccncc2O)c(C(F)(F)F)c1. The average Bonchev–Trinajstić information content (AvgIpc) is 2.40. The first-order valence-electron chi connectivity index (χ1n) is 5.70. The van der Waals surface area contributed by atoms with Crippen LogP contribution in [0.2, 0.25) is 0 Å². The minimum atomic E-state index is -4.67. The van der Waals surface area contributed by atoms with Gasteiger partial charge in [-0.2, -0.15) is 13.2 Å². The monoisotopic (exact) mass is 297 g/mol. The maximum absolute atomic E-state index is 12.9. The van der Waals surface area contributed by atoms with E-state index in [-0.39, 0.29) is 11.3 Å². The third-order valence-corrected chi connectivity index (χ3v) is 2.64. The number of nitrogen functional groups attached to an aromatic ring is 1. The Labute approximate surface area is 117 Å². The van der Waals surface area contributed by atoms with Crippen LogP contribution in [-0.2, 0) is 6.18 Å². The quantitative estimate of drug-likeness (QED) is 0.743. The largest absolute Gasteiger partial charge is 0.505 e. The predicted octanol–water partition coefficient (Wildman–Crippen LogP) is 2.64. The number of pyridine rings is 1. The van der Waals surface area contributed by atoms with Gasteiger partial charge in [0.15, 0.2) is 0 Å². The topological polar surface area (TPSA) is 88.2 Å². The summed E-state index contributed by atoms with van der Waals surface area (Å²) >= 11 is 0. The van der Waals surface area contributed by atoms with E-state index in [1.54, 1.807) is 0 Å². The predicted molar refractivity (Wildman–Crippen MR) is 69.7 cm³/mol. The maximum atomic E-state index is 12.9. The Morgan fingerprint density at radius 1 is 1.29 bits per heavy atom. The molecule has 0 fully saturated rings. The summed E-state index contributed by atoms with van der Waals surface area (Å²) in [7, 11) is 0. The smallest absolute Gasteiger partial charge is 0.418 e. The molecule has 2 aromatic rings. The van der Waals surface area contributed by atoms with Crippen molar-refractivity contribution in [3.05, 3.63) is 47.8 Å². The number of alkyl halides is 3. The van der Waals surface area contributed by atoms with E-state index in [9.17, 15) is 23.1 Å². The summed E-state index contributed by atoms with van der Waals surface area (Å²) in [4.78, 5) is 15.5. The van der Waals surface area contributed by atoms with Crippen molar-refractivity contribution in [1.82, 2.24) is 4.98 Å². The minimum absolute atomic E-state index is 0.0768. The average molecular weight is 297 g/mol. The van der Waals surface area contributed by atoms with Crippen molar-refractivity contribution >= 4 is 17.3 Å². The molecule has 0 spiro atoms. The van der Waals surface area contributed by atoms with Crippen molar-refractivity contribution in [3.8, 4) is 5.75 Å². The highest BCUT2D eigenvalue weighted by atomic mass is 19.4. The van der Waals surface area contributed by atoms with Crippen LogP contribution in [0.1, 0.15) is 15.9 Å². The van der Waals surface area contributed by atoms with E-state index in [4.69, 9.17) is 5.73 Å². The van der Waals surface area contributed by atoms with Crippen molar-refractivity contribution in [2.75, 3.05) is 11.1 Å². The highest BCUT2D eigenvalue weighted by Gasteiger charge is 2.34. The Kier molecular flexibility index (Phi) is 3.70. The van der Waals surface area contributed by atoms with Gasteiger partial charge < -0.3 is 16.2 Å². The van der Waals surface area contributed by atoms with Gasteiger partial charge in [0.2, 0.25) is 0 Å². The highest BCUT2D eigenvalue weighted by Crippen LogP contribution is 2.36. The fraction of sp³-hybridized carbons (Fsp3) is 0.0769. The molecule has 5 nitrogen and oxygen atoms in total. The fourth-order valence-electron chi connectivity index (χ4n) is 1.67. The molecule has 0 aliphatic rings. The molecule has 110 valence electrons. The number of anilines is 2. The summed E-state index contributed by atoms with van der Waals surface area (Å²) in [6.45, 7) is 0. The van der Waals surface area contributed by atoms with Crippen LogP contribution in [0.15, 0.2) is 36.7 Å². The zero-order valence-electron chi connectivity index (χ0n) is 10.5. The van der Waals surface area contributed by atoms with Gasteiger partial charge in [-0.1, -0.05) is 0 Å². The Balaban J connectivity index is 2.36. The van der Waals surface area contributed by atoms with E-state index in [1.807, 2.05) is 0 Å². The second-order valence-corrected chi connectivity index (χ2v) is 4.15. The van der Waals surface area contributed by atoms with E-state index < -0.39 is 29.1 Å². The lowest BCUT2D eigenvalue weighted by molar-refractivity contribution is -0.136. The summed E-state index contributed by atoms with van der Waals surface area (Å²) in [5.41, 5.74) is 3.56. The van der Waals surface area contributed by atoms with Crippen molar-refractivity contribution < 1.29 is 23.1 Å². The molecule has 4 N–H and O–H groups in total. The van der Waals surface area contributed by atoms with Crippen LogP contribution >= 0.6 is 0 Å². The molecular formula is C13H10F3N3O2. The van der Waals surface area contributed by atoms with Gasteiger partial charge >= 0.3 is 6.18 Å². The van der Waals surface area contributed by atoms with Gasteiger partial charge in [0.05, 0.1) is 23.0 Å². The number of carbonyl (C=O) groups is 1. The van der Waals surface area contributed by atoms with Crippen LogP contribution in [0.5, 0.6) is 5.75 Å². The van der Waals surface area contributed by atoms with Crippen LogP contribution in [0.25, 0.3) is 0 Å². The molecule has 1 amide bonds. The lowest BCUT2D eigenvalue weighted by atomic mass is 10.1. The number of rotatable bonds is 2. The van der Waals surface area contributed by atoms with Gasteiger partial charge in [0.1, 0.15) is 5.75 Å². The van der Waals surface area contributed by atoms with Crippen molar-refractivity contribution in [3.63, 3.8) is 0 Å². The van der Waals surface area contributed by atoms with Crippen molar-refractivity contribution in [2.45, 2.75) is 6.18 Å². The standard InChI is InChI=1S/C13H10F3N3O2/c14-13(15,16)9-5-7(17)1-2-10(9)19-12(21)8-3-4-18-6-11(8)20/h1-6,20H,17H2,(H,19,21). The molecule has 0 atom stereocenters. The molecule has 1 aromatic carbocycles. The molecular weight excluding hydrogens is 287 g/mol. The summed E-state index contributed by atoms with van der Waals surface area (Å²) in [5, 5.41) is 11.6. The van der Waals surface area contributed by atoms with Crippen molar-refractivity contribution in [1.29, 1.82) is 0 Å². The second-order valence-electron chi connectivity index (χ2n) is 4.15. The number of aromatic nitrogens is 1. The first kappa shape index (κ1) is 14.6. The third kappa shape index (κ3) is 3.22. The lowest BCUT2D eigenvalue weighted by Gasteiger charge is -2.14. The number of hydrogen-bond acceptors (Lipinski definition) is 4. The fourth-order valence-corrected chi connectivity index (χ4v) is 1.67. The van der Waals surface area contributed by atoms with Gasteiger partial charge in [0.25, 0.3) is 5.91 Å². The van der Waals surface area contributed by atoms with Gasteiger partial charge in [-0.3, -0.25) is 9.78 Å². The van der Waals surface area contributed by atoms with E-state index in [0.29, 0.717) is 0 Å². The summed E-state index contributed by atoms with van der Waals surface area (Å²) in [6, 6.07) is 4.20. The molecule has 0 unspecified atom stereocenters. The number of nitrogens with zero attached hydrogens (tertiary/aromatic N) is 1. The Bertz CT molecular complexity index is 687.